The Labute approximate surface area is 197 Å². The predicted octanol–water partition coefficient (Wildman–Crippen LogP) is 4.03. The van der Waals surface area contributed by atoms with Crippen molar-refractivity contribution < 1.29 is 19.1 Å². The number of benzene rings is 1. The number of likely N-dealkylation sites (N-methyl/N-ethyl adjacent to an activating group) is 1. The SMILES string of the molecule is C[N+]1(CCCc2cnccn2)CCCC1COC(=O)[C@](O)(c1ccccc1)C1CCCCC1. The van der Waals surface area contributed by atoms with Crippen LogP contribution >= 0.6 is 0 Å². The topological polar surface area (TPSA) is 72.3 Å². The van der Waals surface area contributed by atoms with E-state index in [1.807, 2.05) is 36.5 Å². The summed E-state index contributed by atoms with van der Waals surface area (Å²) in [7, 11) is 2.27. The fraction of sp³-hybridized carbons (Fsp3) is 0.593. The molecule has 0 spiro atoms. The lowest BCUT2D eigenvalue weighted by atomic mass is 9.73. The Hall–Kier alpha value is -2.31. The number of aryl methyl sites for hydroxylation is 1. The molecule has 1 saturated carbocycles. The molecule has 6 nitrogen and oxygen atoms in total. The fourth-order valence-corrected chi connectivity index (χ4v) is 5.84. The smallest absolute Gasteiger partial charge is 0.343 e. The first-order chi connectivity index (χ1) is 16.0. The molecule has 0 bridgehead atoms. The van der Waals surface area contributed by atoms with Crippen LogP contribution in [-0.4, -0.2) is 58.3 Å². The quantitative estimate of drug-likeness (QED) is 0.459. The molecule has 1 saturated heterocycles. The molecule has 1 aromatic carbocycles. The van der Waals surface area contributed by atoms with E-state index in [-0.39, 0.29) is 12.0 Å². The van der Waals surface area contributed by atoms with Crippen molar-refractivity contribution in [1.29, 1.82) is 0 Å². The molecule has 1 aliphatic heterocycles. The van der Waals surface area contributed by atoms with Crippen molar-refractivity contribution in [2.45, 2.75) is 69.4 Å². The fourth-order valence-electron chi connectivity index (χ4n) is 5.84. The van der Waals surface area contributed by atoms with Gasteiger partial charge in [-0.2, -0.15) is 0 Å². The predicted molar refractivity (Wildman–Crippen MR) is 127 cm³/mol. The number of rotatable bonds is 9. The maximum absolute atomic E-state index is 13.4. The number of esters is 1. The number of nitrogens with zero attached hydrogens (tertiary/aromatic N) is 3. The molecule has 2 unspecified atom stereocenters. The van der Waals surface area contributed by atoms with Crippen molar-refractivity contribution in [3.63, 3.8) is 0 Å². The number of likely N-dealkylation sites (tertiary alicyclic amines) is 1. The highest BCUT2D eigenvalue weighted by molar-refractivity contribution is 5.81. The van der Waals surface area contributed by atoms with Gasteiger partial charge in [0.2, 0.25) is 0 Å². The van der Waals surface area contributed by atoms with E-state index >= 15 is 0 Å². The Kier molecular flexibility index (Phi) is 7.76. The van der Waals surface area contributed by atoms with Gasteiger partial charge in [-0.25, -0.2) is 4.79 Å². The number of quaternary nitrogens is 1. The Morgan fingerprint density at radius 1 is 1.12 bits per heavy atom. The van der Waals surface area contributed by atoms with Gasteiger partial charge in [-0.1, -0.05) is 49.6 Å². The first kappa shape index (κ1) is 23.8. The minimum atomic E-state index is -1.56. The molecular weight excluding hydrogens is 414 g/mol. The summed E-state index contributed by atoms with van der Waals surface area (Å²) in [5, 5.41) is 11.8. The van der Waals surface area contributed by atoms with Crippen LogP contribution < -0.4 is 0 Å². The summed E-state index contributed by atoms with van der Waals surface area (Å²) < 4.78 is 6.84. The van der Waals surface area contributed by atoms with Crippen molar-refractivity contribution in [3.05, 3.63) is 60.2 Å². The van der Waals surface area contributed by atoms with Crippen LogP contribution in [0.15, 0.2) is 48.9 Å². The molecule has 2 heterocycles. The third-order valence-corrected chi connectivity index (χ3v) is 7.93. The highest BCUT2D eigenvalue weighted by atomic mass is 16.6. The van der Waals surface area contributed by atoms with Gasteiger partial charge in [0.05, 0.1) is 25.8 Å². The lowest BCUT2D eigenvalue weighted by molar-refractivity contribution is -0.921. The number of hydrogen-bond acceptors (Lipinski definition) is 5. The second kappa shape index (κ2) is 10.7. The highest BCUT2D eigenvalue weighted by Gasteiger charge is 2.48. The maximum atomic E-state index is 13.4. The van der Waals surface area contributed by atoms with Crippen molar-refractivity contribution >= 4 is 5.97 Å². The standard InChI is InChI=1S/C27H38N3O3/c1-30(18-8-14-24-20-28-16-17-29-24)19-9-15-25(30)21-33-26(31)27(32,22-10-4-2-5-11-22)23-12-6-3-7-13-23/h2,4-5,10-11,16-17,20,23,25,32H,3,6-9,12-15,18-19,21H2,1H3/q+1/t25?,27-,30?/m0/s1. The zero-order chi connectivity index (χ0) is 23.2. The van der Waals surface area contributed by atoms with Crippen LogP contribution in [0.5, 0.6) is 0 Å². The van der Waals surface area contributed by atoms with Crippen LogP contribution in [0, 0.1) is 5.92 Å². The van der Waals surface area contributed by atoms with Gasteiger partial charge in [0, 0.05) is 43.8 Å². The first-order valence-electron chi connectivity index (χ1n) is 12.6. The minimum Gasteiger partial charge on any atom is -0.457 e. The van der Waals surface area contributed by atoms with Crippen LogP contribution in [0.2, 0.25) is 0 Å². The summed E-state index contributed by atoms with van der Waals surface area (Å²) in [5.74, 6) is -0.559. The summed E-state index contributed by atoms with van der Waals surface area (Å²) in [6.07, 6.45) is 14.4. The third-order valence-electron chi connectivity index (χ3n) is 7.93. The van der Waals surface area contributed by atoms with Crippen molar-refractivity contribution in [2.75, 3.05) is 26.7 Å². The van der Waals surface area contributed by atoms with Crippen LogP contribution in [0.4, 0.5) is 0 Å². The Balaban J connectivity index is 1.39. The van der Waals surface area contributed by atoms with Crippen LogP contribution in [0.1, 0.15) is 62.6 Å². The number of ether oxygens (including phenoxy) is 1. The Morgan fingerprint density at radius 2 is 1.91 bits per heavy atom. The summed E-state index contributed by atoms with van der Waals surface area (Å²) in [4.78, 5) is 22.0. The summed E-state index contributed by atoms with van der Waals surface area (Å²) in [6.45, 7) is 2.47. The van der Waals surface area contributed by atoms with E-state index in [0.29, 0.717) is 12.2 Å². The van der Waals surface area contributed by atoms with Crippen LogP contribution in [-0.2, 0) is 21.6 Å². The van der Waals surface area contributed by atoms with Gasteiger partial charge in [0.15, 0.2) is 5.60 Å². The molecule has 6 heteroatoms. The van der Waals surface area contributed by atoms with E-state index in [1.54, 1.807) is 12.4 Å². The Morgan fingerprint density at radius 3 is 2.64 bits per heavy atom. The summed E-state index contributed by atoms with van der Waals surface area (Å²) in [5.41, 5.74) is 0.122. The number of aromatic nitrogens is 2. The van der Waals surface area contributed by atoms with E-state index in [4.69, 9.17) is 4.74 Å². The summed E-state index contributed by atoms with van der Waals surface area (Å²) >= 11 is 0. The Bertz CT molecular complexity index is 888. The van der Waals surface area contributed by atoms with E-state index in [0.717, 1.165) is 74.6 Å². The average Bonchev–Trinajstić information content (AvgIpc) is 3.23. The molecule has 2 fully saturated rings. The monoisotopic (exact) mass is 452 g/mol. The molecule has 4 rings (SSSR count). The zero-order valence-corrected chi connectivity index (χ0v) is 19.9. The maximum Gasteiger partial charge on any atom is 0.343 e. The lowest BCUT2D eigenvalue weighted by Crippen LogP contribution is -2.52. The third kappa shape index (κ3) is 5.44. The lowest BCUT2D eigenvalue weighted by Gasteiger charge is -2.39. The molecule has 3 atom stereocenters. The number of hydrogen-bond donors (Lipinski definition) is 1. The number of aliphatic hydroxyl groups is 1. The van der Waals surface area contributed by atoms with E-state index < -0.39 is 11.6 Å². The largest absolute Gasteiger partial charge is 0.457 e. The molecule has 1 aliphatic carbocycles. The van der Waals surface area contributed by atoms with E-state index in [2.05, 4.69) is 17.0 Å². The van der Waals surface area contributed by atoms with Crippen molar-refractivity contribution in [3.8, 4) is 0 Å². The molecule has 1 aromatic heterocycles. The zero-order valence-electron chi connectivity index (χ0n) is 19.9. The van der Waals surface area contributed by atoms with E-state index in [1.165, 1.54) is 6.42 Å². The van der Waals surface area contributed by atoms with Crippen LogP contribution in [0.25, 0.3) is 0 Å². The second-order valence-corrected chi connectivity index (χ2v) is 10.1. The van der Waals surface area contributed by atoms with Crippen molar-refractivity contribution in [2.24, 2.45) is 5.92 Å². The molecule has 33 heavy (non-hydrogen) atoms. The normalized spacial score (nSPS) is 25.5. The van der Waals surface area contributed by atoms with Gasteiger partial charge in [0.1, 0.15) is 12.6 Å². The van der Waals surface area contributed by atoms with Crippen molar-refractivity contribution in [1.82, 2.24) is 9.97 Å². The average molecular weight is 453 g/mol. The molecule has 0 radical (unpaired) electrons. The molecular formula is C27H38N3O3+. The first-order valence-corrected chi connectivity index (χ1v) is 12.6. The number of carbonyl (C=O) groups excluding carboxylic acids is 1. The van der Waals surface area contributed by atoms with Gasteiger partial charge in [0.25, 0.3) is 0 Å². The summed E-state index contributed by atoms with van der Waals surface area (Å²) in [6, 6.07) is 9.67. The van der Waals surface area contributed by atoms with Gasteiger partial charge < -0.3 is 14.3 Å². The molecule has 2 aliphatic rings. The van der Waals surface area contributed by atoms with Gasteiger partial charge >= 0.3 is 5.97 Å². The molecule has 178 valence electrons. The number of carbonyl (C=O) groups is 1. The highest BCUT2D eigenvalue weighted by Crippen LogP contribution is 2.40. The molecule has 1 N–H and O–H groups in total. The van der Waals surface area contributed by atoms with Gasteiger partial charge in [-0.15, -0.1) is 0 Å². The van der Waals surface area contributed by atoms with Crippen LogP contribution in [0.3, 0.4) is 0 Å². The van der Waals surface area contributed by atoms with Gasteiger partial charge in [-0.05, 0) is 24.8 Å². The van der Waals surface area contributed by atoms with Gasteiger partial charge in [-0.3, -0.25) is 9.97 Å². The molecule has 2 aromatic rings. The molecule has 0 amide bonds. The minimum absolute atomic E-state index is 0.0856. The second-order valence-electron chi connectivity index (χ2n) is 10.1. The van der Waals surface area contributed by atoms with E-state index in [9.17, 15) is 9.90 Å².